The molecule has 1 aliphatic rings. The number of furan rings is 1. The van der Waals surface area contributed by atoms with Gasteiger partial charge in [0.25, 0.3) is 5.91 Å². The summed E-state index contributed by atoms with van der Waals surface area (Å²) in [6.45, 7) is 1.79. The quantitative estimate of drug-likeness (QED) is 0.806. The Hall–Kier alpha value is -1.82. The molecule has 6 heteroatoms. The third-order valence-electron chi connectivity index (χ3n) is 3.66. The standard InChI is InChI=1S/C15H22N2O4/c1-20-9-4-7-16-14(18)13-5-2-3-8-17(13)15(19)12-6-10-21-11-12/h6,10-11,13H,2-5,7-9H2,1H3,(H,16,18)/t13-/m1/s1. The summed E-state index contributed by atoms with van der Waals surface area (Å²) >= 11 is 0. The number of methoxy groups -OCH3 is 1. The summed E-state index contributed by atoms with van der Waals surface area (Å²) in [5.41, 5.74) is 0.495. The molecule has 1 saturated heterocycles. The number of ether oxygens (including phenoxy) is 1. The minimum Gasteiger partial charge on any atom is -0.472 e. The van der Waals surface area contributed by atoms with Gasteiger partial charge < -0.3 is 19.4 Å². The van der Waals surface area contributed by atoms with E-state index in [2.05, 4.69) is 5.32 Å². The minimum atomic E-state index is -0.385. The van der Waals surface area contributed by atoms with Crippen molar-refractivity contribution in [2.75, 3.05) is 26.8 Å². The topological polar surface area (TPSA) is 71.8 Å². The zero-order valence-electron chi connectivity index (χ0n) is 12.3. The van der Waals surface area contributed by atoms with E-state index >= 15 is 0 Å². The number of hydrogen-bond acceptors (Lipinski definition) is 4. The van der Waals surface area contributed by atoms with Gasteiger partial charge in [0.05, 0.1) is 11.8 Å². The first-order valence-electron chi connectivity index (χ1n) is 7.34. The molecule has 2 heterocycles. The fraction of sp³-hybridized carbons (Fsp3) is 0.600. The molecule has 0 bridgehead atoms. The average molecular weight is 294 g/mol. The first kappa shape index (κ1) is 15.6. The van der Waals surface area contributed by atoms with E-state index in [9.17, 15) is 9.59 Å². The van der Waals surface area contributed by atoms with Crippen LogP contribution in [-0.4, -0.2) is 49.6 Å². The van der Waals surface area contributed by atoms with Crippen LogP contribution in [0.15, 0.2) is 23.0 Å². The Morgan fingerprint density at radius 3 is 3.05 bits per heavy atom. The Morgan fingerprint density at radius 1 is 1.48 bits per heavy atom. The van der Waals surface area contributed by atoms with Crippen LogP contribution in [0.2, 0.25) is 0 Å². The zero-order chi connectivity index (χ0) is 15.1. The van der Waals surface area contributed by atoms with E-state index in [1.807, 2.05) is 0 Å². The largest absolute Gasteiger partial charge is 0.472 e. The first-order chi connectivity index (χ1) is 10.2. The Balaban J connectivity index is 1.95. The van der Waals surface area contributed by atoms with Gasteiger partial charge in [0.15, 0.2) is 0 Å². The van der Waals surface area contributed by atoms with Crippen molar-refractivity contribution < 1.29 is 18.7 Å². The summed E-state index contributed by atoms with van der Waals surface area (Å²) in [7, 11) is 1.63. The van der Waals surface area contributed by atoms with E-state index < -0.39 is 0 Å². The number of rotatable bonds is 6. The molecule has 2 amide bonds. The van der Waals surface area contributed by atoms with Crippen molar-refractivity contribution >= 4 is 11.8 Å². The highest BCUT2D eigenvalue weighted by Crippen LogP contribution is 2.20. The first-order valence-corrected chi connectivity index (χ1v) is 7.34. The van der Waals surface area contributed by atoms with Crippen molar-refractivity contribution in [1.29, 1.82) is 0 Å². The number of nitrogens with one attached hydrogen (secondary N) is 1. The fourth-order valence-corrected chi connectivity index (χ4v) is 2.55. The normalized spacial score (nSPS) is 18.5. The molecule has 0 radical (unpaired) electrons. The monoisotopic (exact) mass is 294 g/mol. The van der Waals surface area contributed by atoms with Gasteiger partial charge in [0, 0.05) is 26.8 Å². The number of carbonyl (C=O) groups excluding carboxylic acids is 2. The molecule has 1 aromatic rings. The summed E-state index contributed by atoms with van der Waals surface area (Å²) in [6.07, 6.45) is 6.26. The van der Waals surface area contributed by atoms with Gasteiger partial charge >= 0.3 is 0 Å². The molecule has 116 valence electrons. The van der Waals surface area contributed by atoms with E-state index in [0.29, 0.717) is 31.7 Å². The van der Waals surface area contributed by atoms with E-state index in [1.165, 1.54) is 12.5 Å². The van der Waals surface area contributed by atoms with Crippen LogP contribution in [0.25, 0.3) is 0 Å². The maximum absolute atomic E-state index is 12.4. The van der Waals surface area contributed by atoms with Crippen LogP contribution in [0.3, 0.4) is 0 Å². The van der Waals surface area contributed by atoms with Crippen LogP contribution >= 0.6 is 0 Å². The summed E-state index contributed by atoms with van der Waals surface area (Å²) < 4.78 is 9.90. The number of piperidine rings is 1. The predicted molar refractivity (Wildman–Crippen MR) is 76.9 cm³/mol. The summed E-state index contributed by atoms with van der Waals surface area (Å²) in [5.74, 6) is -0.219. The van der Waals surface area contributed by atoms with Gasteiger partial charge in [0.1, 0.15) is 12.3 Å². The predicted octanol–water partition coefficient (Wildman–Crippen LogP) is 1.43. The smallest absolute Gasteiger partial charge is 0.257 e. The lowest BCUT2D eigenvalue weighted by Crippen LogP contribution is -2.52. The summed E-state index contributed by atoms with van der Waals surface area (Å²) in [6, 6.07) is 1.24. The summed E-state index contributed by atoms with van der Waals surface area (Å²) in [4.78, 5) is 26.3. The number of amides is 2. The second-order valence-electron chi connectivity index (χ2n) is 5.16. The van der Waals surface area contributed by atoms with Gasteiger partial charge in [-0.2, -0.15) is 0 Å². The van der Waals surface area contributed by atoms with Gasteiger partial charge in [0.2, 0.25) is 5.91 Å². The lowest BCUT2D eigenvalue weighted by atomic mass is 10.0. The van der Waals surface area contributed by atoms with Gasteiger partial charge in [-0.3, -0.25) is 9.59 Å². The Bertz CT molecular complexity index is 458. The van der Waals surface area contributed by atoms with Crippen molar-refractivity contribution in [3.63, 3.8) is 0 Å². The van der Waals surface area contributed by atoms with Crippen LogP contribution in [0, 0.1) is 0 Å². The molecular formula is C15H22N2O4. The number of likely N-dealkylation sites (tertiary alicyclic amines) is 1. The lowest BCUT2D eigenvalue weighted by Gasteiger charge is -2.34. The molecule has 1 N–H and O–H groups in total. The molecule has 6 nitrogen and oxygen atoms in total. The molecule has 1 atom stereocenters. The molecule has 0 spiro atoms. The Labute approximate surface area is 124 Å². The van der Waals surface area contributed by atoms with Gasteiger partial charge in [-0.25, -0.2) is 0 Å². The average Bonchev–Trinajstić information content (AvgIpc) is 3.05. The van der Waals surface area contributed by atoms with Crippen molar-refractivity contribution in [1.82, 2.24) is 10.2 Å². The third kappa shape index (κ3) is 4.07. The molecule has 0 aromatic carbocycles. The van der Waals surface area contributed by atoms with Crippen molar-refractivity contribution in [3.8, 4) is 0 Å². The zero-order valence-corrected chi connectivity index (χ0v) is 12.3. The van der Waals surface area contributed by atoms with Crippen molar-refractivity contribution in [2.45, 2.75) is 31.7 Å². The molecule has 1 fully saturated rings. The van der Waals surface area contributed by atoms with E-state index in [-0.39, 0.29) is 17.9 Å². The highest BCUT2D eigenvalue weighted by molar-refractivity contribution is 5.97. The van der Waals surface area contributed by atoms with E-state index in [4.69, 9.17) is 9.15 Å². The van der Waals surface area contributed by atoms with Gasteiger partial charge in [-0.15, -0.1) is 0 Å². The molecule has 0 aliphatic carbocycles. The highest BCUT2D eigenvalue weighted by Gasteiger charge is 2.32. The highest BCUT2D eigenvalue weighted by atomic mass is 16.5. The number of hydrogen-bond donors (Lipinski definition) is 1. The second-order valence-corrected chi connectivity index (χ2v) is 5.16. The SMILES string of the molecule is COCCCNC(=O)[C@H]1CCCCN1C(=O)c1ccoc1. The minimum absolute atomic E-state index is 0.0809. The fourth-order valence-electron chi connectivity index (χ4n) is 2.55. The molecule has 1 aromatic heterocycles. The second kappa shape index (κ2) is 7.83. The maximum atomic E-state index is 12.4. The molecule has 1 aliphatic heterocycles. The van der Waals surface area contributed by atoms with Crippen molar-refractivity contribution in [2.24, 2.45) is 0 Å². The van der Waals surface area contributed by atoms with Gasteiger partial charge in [-0.1, -0.05) is 0 Å². The molecule has 21 heavy (non-hydrogen) atoms. The molecule has 0 unspecified atom stereocenters. The molecular weight excluding hydrogens is 272 g/mol. The van der Waals surface area contributed by atoms with E-state index in [0.717, 1.165) is 19.3 Å². The Kier molecular flexibility index (Phi) is 5.80. The van der Waals surface area contributed by atoms with Gasteiger partial charge in [-0.05, 0) is 31.7 Å². The number of nitrogens with zero attached hydrogens (tertiary/aromatic N) is 1. The lowest BCUT2D eigenvalue weighted by molar-refractivity contribution is -0.126. The number of carbonyl (C=O) groups is 2. The van der Waals surface area contributed by atoms with Crippen molar-refractivity contribution in [3.05, 3.63) is 24.2 Å². The van der Waals surface area contributed by atoms with Crippen LogP contribution in [-0.2, 0) is 9.53 Å². The molecule has 2 rings (SSSR count). The molecule has 0 saturated carbocycles. The van der Waals surface area contributed by atoms with Crippen LogP contribution in [0.1, 0.15) is 36.0 Å². The van der Waals surface area contributed by atoms with E-state index in [1.54, 1.807) is 18.1 Å². The Morgan fingerprint density at radius 2 is 2.33 bits per heavy atom. The van der Waals surface area contributed by atoms with Crippen LogP contribution < -0.4 is 5.32 Å². The third-order valence-corrected chi connectivity index (χ3v) is 3.66. The van der Waals surface area contributed by atoms with Crippen LogP contribution in [0.5, 0.6) is 0 Å². The van der Waals surface area contributed by atoms with Crippen LogP contribution in [0.4, 0.5) is 0 Å². The summed E-state index contributed by atoms with van der Waals surface area (Å²) in [5, 5.41) is 2.88. The maximum Gasteiger partial charge on any atom is 0.257 e.